The molecule has 0 aliphatic heterocycles. The van der Waals surface area contributed by atoms with Crippen molar-refractivity contribution in [1.29, 1.82) is 0 Å². The van der Waals surface area contributed by atoms with E-state index in [1.807, 2.05) is 18.2 Å². The van der Waals surface area contributed by atoms with Crippen molar-refractivity contribution in [2.45, 2.75) is 12.4 Å². The zero-order valence-corrected chi connectivity index (χ0v) is 10.9. The van der Waals surface area contributed by atoms with E-state index in [0.717, 1.165) is 11.1 Å². The van der Waals surface area contributed by atoms with E-state index in [0.29, 0.717) is 18.0 Å². The molecule has 2 rings (SSSR count). The van der Waals surface area contributed by atoms with Crippen LogP contribution in [0.2, 0.25) is 0 Å². The van der Waals surface area contributed by atoms with E-state index in [1.54, 1.807) is 36.6 Å². The van der Waals surface area contributed by atoms with E-state index in [9.17, 15) is 4.79 Å². The smallest absolute Gasteiger partial charge is 0.253 e. The highest BCUT2D eigenvalue weighted by Crippen LogP contribution is 2.11. The summed E-state index contributed by atoms with van der Waals surface area (Å²) >= 11 is 5.71. The number of hydrogen-bond donors (Lipinski definition) is 0. The van der Waals surface area contributed by atoms with Gasteiger partial charge in [0.05, 0.1) is 12.5 Å². The maximum Gasteiger partial charge on any atom is 0.253 e. The second-order valence-corrected chi connectivity index (χ2v) is 4.39. The van der Waals surface area contributed by atoms with Gasteiger partial charge < -0.3 is 9.32 Å². The van der Waals surface area contributed by atoms with Crippen molar-refractivity contribution in [1.82, 2.24) is 4.90 Å². The Morgan fingerprint density at radius 3 is 2.50 bits per heavy atom. The lowest BCUT2D eigenvalue weighted by atomic mass is 10.1. The van der Waals surface area contributed by atoms with Crippen LogP contribution in [-0.2, 0) is 12.4 Å². The normalized spacial score (nSPS) is 10.3. The van der Waals surface area contributed by atoms with Gasteiger partial charge in [0.2, 0.25) is 0 Å². The molecule has 0 radical (unpaired) electrons. The van der Waals surface area contributed by atoms with Crippen LogP contribution in [0.5, 0.6) is 0 Å². The molecular weight excluding hydrogens is 250 g/mol. The minimum absolute atomic E-state index is 0.0164. The first kappa shape index (κ1) is 12.7. The average Bonchev–Trinajstić information content (AvgIpc) is 2.91. The second-order valence-electron chi connectivity index (χ2n) is 4.12. The fourth-order valence-corrected chi connectivity index (χ4v) is 1.86. The molecule has 4 heteroatoms. The Labute approximate surface area is 111 Å². The maximum absolute atomic E-state index is 12.1. The van der Waals surface area contributed by atoms with Gasteiger partial charge in [-0.25, -0.2) is 0 Å². The van der Waals surface area contributed by atoms with Crippen LogP contribution in [0.4, 0.5) is 0 Å². The largest absolute Gasteiger partial charge is 0.472 e. The monoisotopic (exact) mass is 263 g/mol. The summed E-state index contributed by atoms with van der Waals surface area (Å²) in [7, 11) is 1.77. The number of rotatable bonds is 4. The molecule has 0 spiro atoms. The molecule has 1 aromatic heterocycles. The number of nitrogens with zero attached hydrogens (tertiary/aromatic N) is 1. The first-order valence-corrected chi connectivity index (χ1v) is 6.15. The molecule has 0 N–H and O–H groups in total. The van der Waals surface area contributed by atoms with Crippen LogP contribution >= 0.6 is 11.6 Å². The van der Waals surface area contributed by atoms with Gasteiger partial charge in [-0.15, -0.1) is 11.6 Å². The highest BCUT2D eigenvalue weighted by molar-refractivity contribution is 6.17. The second kappa shape index (κ2) is 5.74. The van der Waals surface area contributed by atoms with E-state index in [1.165, 1.54) is 0 Å². The summed E-state index contributed by atoms with van der Waals surface area (Å²) in [5.74, 6) is 0.441. The number of benzene rings is 1. The van der Waals surface area contributed by atoms with Gasteiger partial charge in [-0.3, -0.25) is 4.79 Å². The van der Waals surface area contributed by atoms with Crippen LogP contribution in [0.25, 0.3) is 0 Å². The summed E-state index contributed by atoms with van der Waals surface area (Å²) in [6.07, 6.45) is 3.24. The van der Waals surface area contributed by atoms with Crippen molar-refractivity contribution >= 4 is 17.5 Å². The molecule has 0 saturated carbocycles. The van der Waals surface area contributed by atoms with Crippen LogP contribution in [0.15, 0.2) is 47.3 Å². The minimum atomic E-state index is -0.0164. The maximum atomic E-state index is 12.1. The van der Waals surface area contributed by atoms with Gasteiger partial charge in [-0.2, -0.15) is 0 Å². The Kier molecular flexibility index (Phi) is 4.05. The summed E-state index contributed by atoms with van der Waals surface area (Å²) in [5, 5.41) is 0. The molecule has 94 valence electrons. The minimum Gasteiger partial charge on any atom is -0.472 e. The standard InChI is InChI=1S/C14H14ClNO2/c1-16(9-12-6-7-18-10-12)14(17)13-4-2-11(8-15)3-5-13/h2-7,10H,8-9H2,1H3. The fourth-order valence-electron chi connectivity index (χ4n) is 1.69. The molecule has 3 nitrogen and oxygen atoms in total. The molecular formula is C14H14ClNO2. The van der Waals surface area contributed by atoms with Crippen molar-refractivity contribution in [2.75, 3.05) is 7.05 Å². The molecule has 18 heavy (non-hydrogen) atoms. The SMILES string of the molecule is CN(Cc1ccoc1)C(=O)c1ccc(CCl)cc1. The number of hydrogen-bond acceptors (Lipinski definition) is 2. The van der Waals surface area contributed by atoms with Gasteiger partial charge in [-0.05, 0) is 23.8 Å². The first-order valence-electron chi connectivity index (χ1n) is 5.62. The van der Waals surface area contributed by atoms with Crippen LogP contribution < -0.4 is 0 Å². The van der Waals surface area contributed by atoms with Crippen molar-refractivity contribution in [2.24, 2.45) is 0 Å². The lowest BCUT2D eigenvalue weighted by Gasteiger charge is -2.16. The van der Waals surface area contributed by atoms with E-state index in [4.69, 9.17) is 16.0 Å². The van der Waals surface area contributed by atoms with E-state index in [2.05, 4.69) is 0 Å². The number of carbonyl (C=O) groups is 1. The quantitative estimate of drug-likeness (QED) is 0.793. The van der Waals surface area contributed by atoms with Crippen molar-refractivity contribution in [3.8, 4) is 0 Å². The highest BCUT2D eigenvalue weighted by Gasteiger charge is 2.12. The molecule has 0 saturated heterocycles. The van der Waals surface area contributed by atoms with Gasteiger partial charge in [0.1, 0.15) is 0 Å². The Bertz CT molecular complexity index is 505. The van der Waals surface area contributed by atoms with Gasteiger partial charge in [0, 0.05) is 30.6 Å². The number of carbonyl (C=O) groups excluding carboxylic acids is 1. The van der Waals surface area contributed by atoms with Gasteiger partial charge >= 0.3 is 0 Å². The zero-order chi connectivity index (χ0) is 13.0. The molecule has 0 unspecified atom stereocenters. The summed E-state index contributed by atoms with van der Waals surface area (Å²) in [4.78, 5) is 13.8. The highest BCUT2D eigenvalue weighted by atomic mass is 35.5. The van der Waals surface area contributed by atoms with E-state index in [-0.39, 0.29) is 5.91 Å². The molecule has 1 amide bonds. The molecule has 0 bridgehead atoms. The topological polar surface area (TPSA) is 33.5 Å². The summed E-state index contributed by atoms with van der Waals surface area (Å²) in [5.41, 5.74) is 2.64. The van der Waals surface area contributed by atoms with Crippen molar-refractivity contribution in [3.63, 3.8) is 0 Å². The number of amides is 1. The average molecular weight is 264 g/mol. The predicted octanol–water partition coefficient (Wildman–Crippen LogP) is 3.29. The molecule has 1 aromatic carbocycles. The van der Waals surface area contributed by atoms with E-state index < -0.39 is 0 Å². The van der Waals surface area contributed by atoms with Crippen LogP contribution in [0.1, 0.15) is 21.5 Å². The lowest BCUT2D eigenvalue weighted by molar-refractivity contribution is 0.0785. The van der Waals surface area contributed by atoms with Gasteiger partial charge in [0.15, 0.2) is 0 Å². The molecule has 2 aromatic rings. The van der Waals surface area contributed by atoms with Gasteiger partial charge in [-0.1, -0.05) is 12.1 Å². The summed E-state index contributed by atoms with van der Waals surface area (Å²) in [6.45, 7) is 0.534. The van der Waals surface area contributed by atoms with Gasteiger partial charge in [0.25, 0.3) is 5.91 Å². The number of alkyl halides is 1. The first-order chi connectivity index (χ1) is 8.70. The molecule has 0 fully saturated rings. The summed E-state index contributed by atoms with van der Waals surface area (Å²) < 4.78 is 4.98. The van der Waals surface area contributed by atoms with Crippen LogP contribution in [0.3, 0.4) is 0 Å². The molecule has 0 aliphatic carbocycles. The number of halogens is 1. The Balaban J connectivity index is 2.05. The Hall–Kier alpha value is -1.74. The fraction of sp³-hybridized carbons (Fsp3) is 0.214. The Morgan fingerprint density at radius 2 is 1.94 bits per heavy atom. The zero-order valence-electron chi connectivity index (χ0n) is 10.1. The van der Waals surface area contributed by atoms with Crippen LogP contribution in [0, 0.1) is 0 Å². The third-order valence-electron chi connectivity index (χ3n) is 2.70. The van der Waals surface area contributed by atoms with Crippen molar-refractivity contribution in [3.05, 3.63) is 59.5 Å². The number of furan rings is 1. The van der Waals surface area contributed by atoms with Crippen LogP contribution in [-0.4, -0.2) is 17.9 Å². The lowest BCUT2D eigenvalue weighted by Crippen LogP contribution is -2.25. The summed E-state index contributed by atoms with van der Waals surface area (Å²) in [6, 6.07) is 9.18. The predicted molar refractivity (Wildman–Crippen MR) is 70.5 cm³/mol. The Morgan fingerprint density at radius 1 is 1.22 bits per heavy atom. The molecule has 1 heterocycles. The third-order valence-corrected chi connectivity index (χ3v) is 3.01. The third kappa shape index (κ3) is 2.93. The van der Waals surface area contributed by atoms with Crippen molar-refractivity contribution < 1.29 is 9.21 Å². The molecule has 0 atom stereocenters. The van der Waals surface area contributed by atoms with E-state index >= 15 is 0 Å². The molecule has 0 aliphatic rings.